The number of carbonyl (C=O) groups excluding carboxylic acids is 3. The Morgan fingerprint density at radius 3 is 2.22 bits per heavy atom. The van der Waals surface area contributed by atoms with Crippen molar-refractivity contribution in [3.05, 3.63) is 86.1 Å². The second-order valence-corrected chi connectivity index (χ2v) is 11.3. The van der Waals surface area contributed by atoms with E-state index in [-0.39, 0.29) is 35.1 Å². The van der Waals surface area contributed by atoms with Crippen LogP contribution in [0, 0.1) is 10.1 Å². The van der Waals surface area contributed by atoms with Gasteiger partial charge in [0, 0.05) is 61.5 Å². The van der Waals surface area contributed by atoms with Crippen LogP contribution in [0.2, 0.25) is 0 Å². The summed E-state index contributed by atoms with van der Waals surface area (Å²) in [7, 11) is 0. The lowest BCUT2D eigenvalue weighted by Gasteiger charge is -2.37. The van der Waals surface area contributed by atoms with Crippen LogP contribution in [0.15, 0.2) is 60.0 Å². The van der Waals surface area contributed by atoms with Crippen molar-refractivity contribution in [1.82, 2.24) is 10.2 Å². The number of piperazine rings is 1. The molecule has 11 nitrogen and oxygen atoms in total. The van der Waals surface area contributed by atoms with Crippen LogP contribution in [0.3, 0.4) is 0 Å². The standard InChI is InChI=1S/C29H32N6O5S/c30-21-6-8-22(9-7-21)31-28(37)20-5-12-25(33-13-15-34(16-14-33)29(38)26-2-1-17-41-26)24(18-20)32-27(36)19-3-10-23(11-4-19)35(39)40/h1-5,10-12,17-18,21-22H,6-9,13-16,30H2,(H,31,37)(H,32,36). The molecule has 2 fully saturated rings. The van der Waals surface area contributed by atoms with Crippen LogP contribution in [0.1, 0.15) is 56.1 Å². The molecular weight excluding hydrogens is 544 g/mol. The van der Waals surface area contributed by atoms with Gasteiger partial charge in [-0.3, -0.25) is 24.5 Å². The molecule has 0 unspecified atom stereocenters. The van der Waals surface area contributed by atoms with Gasteiger partial charge in [0.15, 0.2) is 0 Å². The molecule has 1 aromatic heterocycles. The fourth-order valence-electron chi connectivity index (χ4n) is 5.22. The molecule has 1 aliphatic heterocycles. The number of nitro benzene ring substituents is 1. The molecule has 1 saturated heterocycles. The highest BCUT2D eigenvalue weighted by Gasteiger charge is 2.26. The predicted octanol–water partition coefficient (Wildman–Crippen LogP) is 3.87. The summed E-state index contributed by atoms with van der Waals surface area (Å²) in [6, 6.07) is 14.5. The van der Waals surface area contributed by atoms with Crippen molar-refractivity contribution in [3.63, 3.8) is 0 Å². The fraction of sp³-hybridized carbons (Fsp3) is 0.345. The van der Waals surface area contributed by atoms with E-state index in [1.807, 2.05) is 28.5 Å². The number of amides is 3. The molecular formula is C29H32N6O5S. The first kappa shape index (κ1) is 28.2. The number of rotatable bonds is 7. The Morgan fingerprint density at radius 2 is 1.59 bits per heavy atom. The van der Waals surface area contributed by atoms with Crippen molar-refractivity contribution < 1.29 is 19.3 Å². The van der Waals surface area contributed by atoms with Crippen LogP contribution < -0.4 is 21.3 Å². The Labute approximate surface area is 241 Å². The average Bonchev–Trinajstić information content (AvgIpc) is 3.53. The maximum atomic E-state index is 13.2. The van der Waals surface area contributed by atoms with E-state index in [1.54, 1.807) is 12.1 Å². The van der Waals surface area contributed by atoms with Crippen LogP contribution in [-0.2, 0) is 0 Å². The predicted molar refractivity (Wildman–Crippen MR) is 158 cm³/mol. The maximum absolute atomic E-state index is 13.2. The van der Waals surface area contributed by atoms with E-state index in [2.05, 4.69) is 15.5 Å². The van der Waals surface area contributed by atoms with Gasteiger partial charge in [0.2, 0.25) is 0 Å². The highest BCUT2D eigenvalue weighted by molar-refractivity contribution is 7.12. The number of nitrogens with one attached hydrogen (secondary N) is 2. The first-order valence-electron chi connectivity index (χ1n) is 13.6. The lowest BCUT2D eigenvalue weighted by molar-refractivity contribution is -0.384. The van der Waals surface area contributed by atoms with Crippen molar-refractivity contribution in [2.75, 3.05) is 36.4 Å². The third-order valence-electron chi connectivity index (χ3n) is 7.59. The minimum atomic E-state index is -0.523. The molecule has 3 amide bonds. The third-order valence-corrected chi connectivity index (χ3v) is 8.45. The SMILES string of the molecule is NC1CCC(NC(=O)c2ccc(N3CCN(C(=O)c4cccs4)CC3)c(NC(=O)c3ccc([N+](=O)[O-])cc3)c2)CC1. The summed E-state index contributed by atoms with van der Waals surface area (Å²) in [4.78, 5) is 54.2. The van der Waals surface area contributed by atoms with E-state index >= 15 is 0 Å². The Bertz CT molecular complexity index is 1410. The topological polar surface area (TPSA) is 151 Å². The maximum Gasteiger partial charge on any atom is 0.269 e. The Kier molecular flexibility index (Phi) is 8.60. The van der Waals surface area contributed by atoms with E-state index < -0.39 is 10.8 Å². The summed E-state index contributed by atoms with van der Waals surface area (Å²) in [5.41, 5.74) is 7.73. The van der Waals surface area contributed by atoms with Gasteiger partial charge in [0.1, 0.15) is 0 Å². The lowest BCUT2D eigenvalue weighted by atomic mass is 9.91. The normalized spacial score (nSPS) is 19.0. The van der Waals surface area contributed by atoms with Gasteiger partial charge >= 0.3 is 0 Å². The van der Waals surface area contributed by atoms with E-state index in [4.69, 9.17) is 5.73 Å². The van der Waals surface area contributed by atoms with Crippen LogP contribution in [0.25, 0.3) is 0 Å². The first-order chi connectivity index (χ1) is 19.8. The molecule has 1 saturated carbocycles. The molecule has 2 heterocycles. The zero-order valence-corrected chi connectivity index (χ0v) is 23.3. The van der Waals surface area contributed by atoms with E-state index in [0.29, 0.717) is 42.3 Å². The molecule has 4 N–H and O–H groups in total. The molecule has 3 aromatic rings. The van der Waals surface area contributed by atoms with Crippen molar-refractivity contribution in [3.8, 4) is 0 Å². The second kappa shape index (κ2) is 12.5. The smallest absolute Gasteiger partial charge is 0.269 e. The van der Waals surface area contributed by atoms with Crippen molar-refractivity contribution in [1.29, 1.82) is 0 Å². The summed E-state index contributed by atoms with van der Waals surface area (Å²) in [5, 5.41) is 18.9. The number of anilines is 2. The Balaban J connectivity index is 1.35. The van der Waals surface area contributed by atoms with Crippen molar-refractivity contribution >= 4 is 46.1 Å². The average molecular weight is 577 g/mol. The van der Waals surface area contributed by atoms with Gasteiger partial charge in [0.05, 0.1) is 21.2 Å². The molecule has 2 aromatic carbocycles. The number of hydrogen-bond donors (Lipinski definition) is 3. The minimum Gasteiger partial charge on any atom is -0.366 e. The van der Waals surface area contributed by atoms with Gasteiger partial charge in [-0.05, 0) is 67.5 Å². The second-order valence-electron chi connectivity index (χ2n) is 10.3. The van der Waals surface area contributed by atoms with Crippen molar-refractivity contribution in [2.24, 2.45) is 5.73 Å². The largest absolute Gasteiger partial charge is 0.366 e. The number of hydrogen-bond acceptors (Lipinski definition) is 8. The zero-order valence-electron chi connectivity index (χ0n) is 22.5. The van der Waals surface area contributed by atoms with Crippen LogP contribution in [0.5, 0.6) is 0 Å². The third kappa shape index (κ3) is 6.72. The Morgan fingerprint density at radius 1 is 0.902 bits per heavy atom. The van der Waals surface area contributed by atoms with Crippen LogP contribution in [-0.4, -0.2) is 65.8 Å². The molecule has 2 aliphatic rings. The number of nitro groups is 1. The summed E-state index contributed by atoms with van der Waals surface area (Å²) < 4.78 is 0. The summed E-state index contributed by atoms with van der Waals surface area (Å²) in [6.07, 6.45) is 3.37. The van der Waals surface area contributed by atoms with E-state index in [0.717, 1.165) is 31.4 Å². The highest BCUT2D eigenvalue weighted by Crippen LogP contribution is 2.30. The highest BCUT2D eigenvalue weighted by atomic mass is 32.1. The van der Waals surface area contributed by atoms with Crippen LogP contribution >= 0.6 is 11.3 Å². The molecule has 0 bridgehead atoms. The molecule has 1 aliphatic carbocycles. The van der Waals surface area contributed by atoms with E-state index in [9.17, 15) is 24.5 Å². The van der Waals surface area contributed by atoms with Gasteiger partial charge in [0.25, 0.3) is 23.4 Å². The minimum absolute atomic E-state index is 0.00188. The molecule has 41 heavy (non-hydrogen) atoms. The number of nitrogens with zero attached hydrogens (tertiary/aromatic N) is 3. The molecule has 12 heteroatoms. The number of nitrogens with two attached hydrogens (primary N) is 1. The first-order valence-corrected chi connectivity index (χ1v) is 14.5. The Hall–Kier alpha value is -4.29. The van der Waals surface area contributed by atoms with Gasteiger partial charge in [-0.2, -0.15) is 0 Å². The van der Waals surface area contributed by atoms with Gasteiger partial charge in [-0.25, -0.2) is 0 Å². The van der Waals surface area contributed by atoms with Crippen LogP contribution in [0.4, 0.5) is 17.1 Å². The quantitative estimate of drug-likeness (QED) is 0.285. The molecule has 0 spiro atoms. The number of benzene rings is 2. The number of carbonyl (C=O) groups is 3. The number of non-ortho nitro benzene ring substituents is 1. The summed E-state index contributed by atoms with van der Waals surface area (Å²) >= 11 is 1.41. The van der Waals surface area contributed by atoms with E-state index in [1.165, 1.54) is 35.6 Å². The van der Waals surface area contributed by atoms with Gasteiger partial charge in [-0.1, -0.05) is 6.07 Å². The zero-order chi connectivity index (χ0) is 28.9. The monoisotopic (exact) mass is 576 g/mol. The van der Waals surface area contributed by atoms with Gasteiger partial charge < -0.3 is 26.2 Å². The molecule has 0 atom stereocenters. The number of thiophene rings is 1. The molecule has 0 radical (unpaired) electrons. The fourth-order valence-corrected chi connectivity index (χ4v) is 5.91. The molecule has 214 valence electrons. The summed E-state index contributed by atoms with van der Waals surface area (Å²) in [6.45, 7) is 2.12. The lowest BCUT2D eigenvalue weighted by Crippen LogP contribution is -2.48. The van der Waals surface area contributed by atoms with Crippen molar-refractivity contribution in [2.45, 2.75) is 37.8 Å². The molecule has 5 rings (SSSR count). The van der Waals surface area contributed by atoms with Gasteiger partial charge in [-0.15, -0.1) is 11.3 Å². The summed E-state index contributed by atoms with van der Waals surface area (Å²) in [5.74, 6) is -0.678.